The van der Waals surface area contributed by atoms with Crippen LogP contribution in [0.15, 0.2) is 11.6 Å². The summed E-state index contributed by atoms with van der Waals surface area (Å²) in [6, 6.07) is 0. The van der Waals surface area contributed by atoms with Gasteiger partial charge in [0.1, 0.15) is 0 Å². The Hall–Kier alpha value is -1.20. The number of Topliss-reactive ketones (excluding diaryl/α,β-unsaturated/α-hetero) is 1. The maximum absolute atomic E-state index is 12.0. The Balaban J connectivity index is 1.61. The third-order valence-electron chi connectivity index (χ3n) is 4.40. The van der Waals surface area contributed by atoms with Gasteiger partial charge in [0.05, 0.1) is 13.2 Å². The minimum Gasteiger partial charge on any atom is -0.469 e. The molecular weight excluding hydrogens is 296 g/mol. The molecular formula is C18H28O5. The van der Waals surface area contributed by atoms with E-state index < -0.39 is 0 Å². The number of allylic oxidation sites excluding steroid dienone is 1. The smallest absolute Gasteiger partial charge is 0.305 e. The number of esters is 1. The average Bonchev–Trinajstić information content (AvgIpc) is 2.91. The van der Waals surface area contributed by atoms with Crippen molar-refractivity contribution < 1.29 is 23.8 Å². The molecule has 0 N–H and O–H groups in total. The van der Waals surface area contributed by atoms with E-state index in [1.807, 2.05) is 6.08 Å². The SMILES string of the molecule is COC(=O)CCCCCCC1=CC(O[C@H]2CCCCO2)CC1=O. The zero-order valence-electron chi connectivity index (χ0n) is 14.1. The molecule has 5 heteroatoms. The summed E-state index contributed by atoms with van der Waals surface area (Å²) >= 11 is 0. The molecule has 1 saturated heterocycles. The molecule has 0 spiro atoms. The number of ketones is 1. The molecule has 0 aromatic carbocycles. The summed E-state index contributed by atoms with van der Waals surface area (Å²) in [5.41, 5.74) is 0.902. The molecule has 2 aliphatic rings. The summed E-state index contributed by atoms with van der Waals surface area (Å²) in [6.45, 7) is 0.757. The minimum atomic E-state index is -0.149. The molecule has 1 unspecified atom stereocenters. The first-order valence-electron chi connectivity index (χ1n) is 8.77. The molecule has 5 nitrogen and oxygen atoms in total. The molecule has 0 aromatic heterocycles. The Morgan fingerprint density at radius 2 is 2.09 bits per heavy atom. The van der Waals surface area contributed by atoms with Gasteiger partial charge in [0, 0.05) is 19.4 Å². The molecule has 1 heterocycles. The van der Waals surface area contributed by atoms with Crippen LogP contribution in [0.2, 0.25) is 0 Å². The highest BCUT2D eigenvalue weighted by atomic mass is 16.7. The van der Waals surface area contributed by atoms with Gasteiger partial charge in [-0.2, -0.15) is 0 Å². The van der Waals surface area contributed by atoms with Gasteiger partial charge in [0.15, 0.2) is 12.1 Å². The molecule has 0 radical (unpaired) electrons. The molecule has 2 atom stereocenters. The largest absolute Gasteiger partial charge is 0.469 e. The number of rotatable bonds is 9. The van der Waals surface area contributed by atoms with Crippen LogP contribution in [0.1, 0.15) is 64.2 Å². The van der Waals surface area contributed by atoms with Crippen LogP contribution in [0.25, 0.3) is 0 Å². The van der Waals surface area contributed by atoms with Crippen molar-refractivity contribution in [1.82, 2.24) is 0 Å². The van der Waals surface area contributed by atoms with E-state index in [0.29, 0.717) is 12.8 Å². The van der Waals surface area contributed by atoms with Gasteiger partial charge in [0.2, 0.25) is 0 Å². The highest BCUT2D eigenvalue weighted by Crippen LogP contribution is 2.25. The van der Waals surface area contributed by atoms with Gasteiger partial charge in [-0.1, -0.05) is 12.8 Å². The molecule has 23 heavy (non-hydrogen) atoms. The predicted octanol–water partition coefficient (Wildman–Crippen LogP) is 3.31. The normalized spacial score (nSPS) is 24.6. The molecule has 1 fully saturated rings. The second-order valence-electron chi connectivity index (χ2n) is 6.28. The third kappa shape index (κ3) is 6.43. The van der Waals surface area contributed by atoms with Gasteiger partial charge in [-0.3, -0.25) is 9.59 Å². The zero-order valence-corrected chi connectivity index (χ0v) is 14.1. The first-order chi connectivity index (χ1) is 11.2. The van der Waals surface area contributed by atoms with Crippen molar-refractivity contribution >= 4 is 11.8 Å². The third-order valence-corrected chi connectivity index (χ3v) is 4.40. The van der Waals surface area contributed by atoms with E-state index in [2.05, 4.69) is 4.74 Å². The van der Waals surface area contributed by atoms with Crippen LogP contribution in [0.5, 0.6) is 0 Å². The van der Waals surface area contributed by atoms with E-state index in [0.717, 1.165) is 63.5 Å². The number of carbonyl (C=O) groups is 2. The van der Waals surface area contributed by atoms with Crippen LogP contribution in [-0.4, -0.2) is 37.9 Å². The second kappa shape index (κ2) is 9.83. The number of carbonyl (C=O) groups excluding carboxylic acids is 2. The van der Waals surface area contributed by atoms with E-state index in [-0.39, 0.29) is 24.1 Å². The summed E-state index contributed by atoms with van der Waals surface area (Å²) < 4.78 is 16.0. The van der Waals surface area contributed by atoms with E-state index in [4.69, 9.17) is 9.47 Å². The van der Waals surface area contributed by atoms with Gasteiger partial charge in [-0.05, 0) is 50.2 Å². The lowest BCUT2D eigenvalue weighted by molar-refractivity contribution is -0.178. The van der Waals surface area contributed by atoms with Gasteiger partial charge in [-0.15, -0.1) is 0 Å². The van der Waals surface area contributed by atoms with Crippen LogP contribution in [0.3, 0.4) is 0 Å². The number of unbranched alkanes of at least 4 members (excludes halogenated alkanes) is 3. The molecule has 1 aliphatic heterocycles. The van der Waals surface area contributed by atoms with Gasteiger partial charge >= 0.3 is 5.97 Å². The summed E-state index contributed by atoms with van der Waals surface area (Å²) in [5, 5.41) is 0. The standard InChI is InChI=1S/C18H28O5/c1-21-17(20)9-5-3-2-4-8-14-12-15(13-16(14)19)23-18-10-6-7-11-22-18/h12,15,18H,2-11,13H2,1H3/t15?,18-/m0/s1. The minimum absolute atomic E-state index is 0.111. The van der Waals surface area contributed by atoms with Crippen LogP contribution in [-0.2, 0) is 23.8 Å². The van der Waals surface area contributed by atoms with Crippen molar-refractivity contribution in [2.45, 2.75) is 76.6 Å². The maximum atomic E-state index is 12.0. The predicted molar refractivity (Wildman–Crippen MR) is 85.9 cm³/mol. The first kappa shape index (κ1) is 18.1. The van der Waals surface area contributed by atoms with E-state index in [9.17, 15) is 9.59 Å². The van der Waals surface area contributed by atoms with E-state index in [1.165, 1.54) is 7.11 Å². The molecule has 0 saturated carbocycles. The number of ether oxygens (including phenoxy) is 3. The fourth-order valence-corrected chi connectivity index (χ4v) is 3.05. The van der Waals surface area contributed by atoms with Crippen LogP contribution in [0, 0.1) is 0 Å². The topological polar surface area (TPSA) is 61.8 Å². The monoisotopic (exact) mass is 324 g/mol. The molecule has 1 aliphatic carbocycles. The Kier molecular flexibility index (Phi) is 7.76. The van der Waals surface area contributed by atoms with Crippen molar-refractivity contribution in [3.05, 3.63) is 11.6 Å². The molecule has 0 aromatic rings. The summed E-state index contributed by atoms with van der Waals surface area (Å²) in [4.78, 5) is 23.0. The van der Waals surface area contributed by atoms with E-state index >= 15 is 0 Å². The average molecular weight is 324 g/mol. The summed E-state index contributed by atoms with van der Waals surface area (Å²) in [7, 11) is 1.41. The van der Waals surface area contributed by atoms with Crippen molar-refractivity contribution in [1.29, 1.82) is 0 Å². The van der Waals surface area contributed by atoms with E-state index in [1.54, 1.807) is 0 Å². The number of methoxy groups -OCH3 is 1. The van der Waals surface area contributed by atoms with Crippen molar-refractivity contribution in [3.8, 4) is 0 Å². The fourth-order valence-electron chi connectivity index (χ4n) is 3.05. The van der Waals surface area contributed by atoms with Gasteiger partial charge in [-0.25, -0.2) is 0 Å². The molecule has 130 valence electrons. The Labute approximate surface area is 138 Å². The lowest BCUT2D eigenvalue weighted by Crippen LogP contribution is -2.26. The maximum Gasteiger partial charge on any atom is 0.305 e. The molecule has 0 bridgehead atoms. The summed E-state index contributed by atoms with van der Waals surface area (Å²) in [6.07, 6.45) is 10.5. The highest BCUT2D eigenvalue weighted by Gasteiger charge is 2.27. The van der Waals surface area contributed by atoms with Gasteiger partial charge < -0.3 is 14.2 Å². The number of hydrogen-bond acceptors (Lipinski definition) is 5. The lowest BCUT2D eigenvalue weighted by atomic mass is 10.0. The number of hydrogen-bond donors (Lipinski definition) is 0. The first-order valence-corrected chi connectivity index (χ1v) is 8.77. The fraction of sp³-hybridized carbons (Fsp3) is 0.778. The molecule has 2 rings (SSSR count). The quantitative estimate of drug-likeness (QED) is 0.481. The van der Waals surface area contributed by atoms with Crippen LogP contribution in [0.4, 0.5) is 0 Å². The Morgan fingerprint density at radius 1 is 1.26 bits per heavy atom. The Morgan fingerprint density at radius 3 is 2.83 bits per heavy atom. The molecule has 0 amide bonds. The van der Waals surface area contributed by atoms with Crippen molar-refractivity contribution in [2.75, 3.05) is 13.7 Å². The second-order valence-corrected chi connectivity index (χ2v) is 6.28. The van der Waals surface area contributed by atoms with Crippen molar-refractivity contribution in [2.24, 2.45) is 0 Å². The van der Waals surface area contributed by atoms with Crippen LogP contribution < -0.4 is 0 Å². The van der Waals surface area contributed by atoms with Crippen LogP contribution >= 0.6 is 0 Å². The zero-order chi connectivity index (χ0) is 16.5. The Bertz CT molecular complexity index is 423. The summed E-state index contributed by atoms with van der Waals surface area (Å²) in [5.74, 6) is 0.0592. The highest BCUT2D eigenvalue weighted by molar-refractivity contribution is 5.98. The van der Waals surface area contributed by atoms with Gasteiger partial charge in [0.25, 0.3) is 0 Å². The van der Waals surface area contributed by atoms with Crippen molar-refractivity contribution in [3.63, 3.8) is 0 Å². The lowest BCUT2D eigenvalue weighted by Gasteiger charge is -2.24.